The van der Waals surface area contributed by atoms with Crippen LogP contribution in [-0.2, 0) is 6.54 Å². The number of aryl methyl sites for hydroxylation is 1. The monoisotopic (exact) mass is 290 g/mol. The van der Waals surface area contributed by atoms with Crippen molar-refractivity contribution in [3.63, 3.8) is 0 Å². The Morgan fingerprint density at radius 2 is 2.05 bits per heavy atom. The highest BCUT2D eigenvalue weighted by Gasteiger charge is 2.31. The van der Waals surface area contributed by atoms with Crippen molar-refractivity contribution in [2.75, 3.05) is 0 Å². The number of hydrogen-bond donors (Lipinski definition) is 0. The second-order valence-electron chi connectivity index (χ2n) is 6.68. The van der Waals surface area contributed by atoms with E-state index in [4.69, 9.17) is 16.6 Å². The maximum atomic E-state index is 6.37. The van der Waals surface area contributed by atoms with Crippen LogP contribution in [0.5, 0.6) is 0 Å². The highest BCUT2D eigenvalue weighted by atomic mass is 35.5. The van der Waals surface area contributed by atoms with Gasteiger partial charge in [0.1, 0.15) is 5.82 Å². The molecule has 0 saturated heterocycles. The second kappa shape index (κ2) is 5.07. The predicted octanol–water partition coefficient (Wildman–Crippen LogP) is 5.22. The van der Waals surface area contributed by atoms with Crippen molar-refractivity contribution in [2.45, 2.75) is 58.4 Å². The van der Waals surface area contributed by atoms with Crippen LogP contribution in [-0.4, -0.2) is 9.55 Å². The molecule has 1 aliphatic carbocycles. The molecular formula is C17H23ClN2. The van der Waals surface area contributed by atoms with Crippen LogP contribution in [0.4, 0.5) is 0 Å². The van der Waals surface area contributed by atoms with E-state index in [-0.39, 0.29) is 5.38 Å². The Hall–Kier alpha value is -1.02. The molecule has 1 saturated carbocycles. The van der Waals surface area contributed by atoms with Crippen molar-refractivity contribution >= 4 is 22.6 Å². The minimum atomic E-state index is -0.0484. The molecule has 0 radical (unpaired) electrons. The first-order chi connectivity index (χ1) is 9.48. The van der Waals surface area contributed by atoms with Gasteiger partial charge in [-0.1, -0.05) is 25.8 Å². The average molecular weight is 291 g/mol. The van der Waals surface area contributed by atoms with Crippen LogP contribution in [0.1, 0.15) is 56.3 Å². The Labute approximate surface area is 126 Å². The molecule has 0 spiro atoms. The normalized spacial score (nSPS) is 19.6. The highest BCUT2D eigenvalue weighted by Crippen LogP contribution is 2.40. The molecule has 1 unspecified atom stereocenters. The Morgan fingerprint density at radius 1 is 1.35 bits per heavy atom. The summed E-state index contributed by atoms with van der Waals surface area (Å²) in [5, 5.41) is -0.0484. The first-order valence-corrected chi connectivity index (χ1v) is 8.03. The van der Waals surface area contributed by atoms with Gasteiger partial charge >= 0.3 is 0 Å². The minimum absolute atomic E-state index is 0.0484. The number of benzene rings is 1. The van der Waals surface area contributed by atoms with Crippen LogP contribution < -0.4 is 0 Å². The molecule has 1 atom stereocenters. The van der Waals surface area contributed by atoms with Gasteiger partial charge in [-0.2, -0.15) is 0 Å². The number of halogens is 1. The van der Waals surface area contributed by atoms with Crippen molar-refractivity contribution in [1.29, 1.82) is 0 Å². The van der Waals surface area contributed by atoms with Gasteiger partial charge in [0.05, 0.1) is 16.4 Å². The van der Waals surface area contributed by atoms with E-state index in [1.165, 1.54) is 36.8 Å². The first kappa shape index (κ1) is 13.9. The molecule has 3 rings (SSSR count). The van der Waals surface area contributed by atoms with E-state index in [9.17, 15) is 0 Å². The third-order valence-electron chi connectivity index (χ3n) is 4.64. The van der Waals surface area contributed by atoms with E-state index >= 15 is 0 Å². The highest BCUT2D eigenvalue weighted by molar-refractivity contribution is 6.20. The van der Waals surface area contributed by atoms with Crippen LogP contribution in [0, 0.1) is 12.3 Å². The first-order valence-electron chi connectivity index (χ1n) is 7.59. The molecule has 0 aliphatic heterocycles. The summed E-state index contributed by atoms with van der Waals surface area (Å²) < 4.78 is 2.37. The van der Waals surface area contributed by atoms with Gasteiger partial charge in [0, 0.05) is 6.54 Å². The van der Waals surface area contributed by atoms with Gasteiger partial charge in [-0.25, -0.2) is 4.98 Å². The van der Waals surface area contributed by atoms with E-state index < -0.39 is 0 Å². The fourth-order valence-corrected chi connectivity index (χ4v) is 3.66. The maximum absolute atomic E-state index is 6.37. The van der Waals surface area contributed by atoms with Crippen molar-refractivity contribution in [3.05, 3.63) is 29.6 Å². The molecule has 0 amide bonds. The van der Waals surface area contributed by atoms with E-state index in [0.717, 1.165) is 17.9 Å². The molecular weight excluding hydrogens is 268 g/mol. The van der Waals surface area contributed by atoms with Gasteiger partial charge in [0.25, 0.3) is 0 Å². The van der Waals surface area contributed by atoms with Crippen LogP contribution in [0.2, 0.25) is 0 Å². The molecule has 1 heterocycles. The van der Waals surface area contributed by atoms with E-state index in [1.807, 2.05) is 6.92 Å². The minimum Gasteiger partial charge on any atom is -0.326 e. The topological polar surface area (TPSA) is 17.8 Å². The average Bonchev–Trinajstić information content (AvgIpc) is 2.95. The molecule has 2 nitrogen and oxygen atoms in total. The number of imidazole rings is 1. The third kappa shape index (κ3) is 2.46. The fourth-order valence-electron chi connectivity index (χ4n) is 3.49. The smallest absolute Gasteiger partial charge is 0.127 e. The van der Waals surface area contributed by atoms with Crippen molar-refractivity contribution < 1.29 is 0 Å². The van der Waals surface area contributed by atoms with Crippen LogP contribution in [0.25, 0.3) is 11.0 Å². The number of rotatable bonds is 3. The van der Waals surface area contributed by atoms with Gasteiger partial charge < -0.3 is 4.57 Å². The van der Waals surface area contributed by atoms with Crippen molar-refractivity contribution in [2.24, 2.45) is 5.41 Å². The maximum Gasteiger partial charge on any atom is 0.127 e. The molecule has 1 aliphatic rings. The molecule has 1 aromatic heterocycles. The molecule has 2 aromatic rings. The molecule has 0 N–H and O–H groups in total. The van der Waals surface area contributed by atoms with Gasteiger partial charge in [0.2, 0.25) is 0 Å². The number of aromatic nitrogens is 2. The Morgan fingerprint density at radius 3 is 2.70 bits per heavy atom. The largest absolute Gasteiger partial charge is 0.326 e. The van der Waals surface area contributed by atoms with Gasteiger partial charge in [0.15, 0.2) is 0 Å². The Kier molecular flexibility index (Phi) is 3.53. The lowest BCUT2D eigenvalue weighted by molar-refractivity contribution is 0.281. The zero-order valence-electron chi connectivity index (χ0n) is 12.6. The lowest BCUT2D eigenvalue weighted by atomic mass is 9.88. The summed E-state index contributed by atoms with van der Waals surface area (Å²) in [6.45, 7) is 7.60. The van der Waals surface area contributed by atoms with Crippen LogP contribution >= 0.6 is 11.6 Å². The molecule has 1 aromatic carbocycles. The number of fused-ring (bicyclic) bond motifs is 1. The fraction of sp³-hybridized carbons (Fsp3) is 0.588. The predicted molar refractivity (Wildman–Crippen MR) is 85.3 cm³/mol. The Bertz CT molecular complexity index is 621. The van der Waals surface area contributed by atoms with Gasteiger partial charge in [-0.3, -0.25) is 0 Å². The summed E-state index contributed by atoms with van der Waals surface area (Å²) in [5.74, 6) is 1.01. The van der Waals surface area contributed by atoms with Gasteiger partial charge in [-0.05, 0) is 49.8 Å². The third-order valence-corrected chi connectivity index (χ3v) is 4.83. The van der Waals surface area contributed by atoms with Crippen molar-refractivity contribution in [1.82, 2.24) is 9.55 Å². The standard InChI is InChI=1S/C17H23ClN2/c1-12-6-7-14-15(10-12)20(16(19-14)13(2)18)11-17(3)8-4-5-9-17/h6-7,10,13H,4-5,8-9,11H2,1-3H3. The summed E-state index contributed by atoms with van der Waals surface area (Å²) >= 11 is 6.37. The molecule has 0 bridgehead atoms. The van der Waals surface area contributed by atoms with E-state index in [2.05, 4.69) is 36.6 Å². The second-order valence-corrected chi connectivity index (χ2v) is 7.34. The molecule has 1 fully saturated rings. The summed E-state index contributed by atoms with van der Waals surface area (Å²) in [5.41, 5.74) is 3.99. The van der Waals surface area contributed by atoms with Gasteiger partial charge in [-0.15, -0.1) is 11.6 Å². The molecule has 3 heteroatoms. The Balaban J connectivity index is 2.10. The van der Waals surface area contributed by atoms with E-state index in [0.29, 0.717) is 5.41 Å². The van der Waals surface area contributed by atoms with E-state index in [1.54, 1.807) is 0 Å². The molecule has 108 valence electrons. The van der Waals surface area contributed by atoms with Crippen LogP contribution in [0.3, 0.4) is 0 Å². The summed E-state index contributed by atoms with van der Waals surface area (Å²) in [6.07, 6.45) is 5.34. The lowest BCUT2D eigenvalue weighted by Gasteiger charge is -2.26. The molecule has 20 heavy (non-hydrogen) atoms. The lowest BCUT2D eigenvalue weighted by Crippen LogP contribution is -2.21. The SMILES string of the molecule is Cc1ccc2nc(C(C)Cl)n(CC3(C)CCCC3)c2c1. The van der Waals surface area contributed by atoms with Crippen LogP contribution in [0.15, 0.2) is 18.2 Å². The van der Waals surface area contributed by atoms with Crippen molar-refractivity contribution in [3.8, 4) is 0 Å². The summed E-state index contributed by atoms with van der Waals surface area (Å²) in [6, 6.07) is 6.48. The summed E-state index contributed by atoms with van der Waals surface area (Å²) in [7, 11) is 0. The zero-order valence-corrected chi connectivity index (χ0v) is 13.4. The zero-order chi connectivity index (χ0) is 14.3. The number of alkyl halides is 1. The number of hydrogen-bond acceptors (Lipinski definition) is 1. The summed E-state index contributed by atoms with van der Waals surface area (Å²) in [4.78, 5) is 4.76. The number of nitrogens with zero attached hydrogens (tertiary/aromatic N) is 2. The quantitative estimate of drug-likeness (QED) is 0.708.